The van der Waals surface area contributed by atoms with Gasteiger partial charge in [-0.25, -0.2) is 0 Å². The SMILES string of the molecule is CCCN(BC(=O)O)CC. The zero-order chi connectivity index (χ0) is 7.98. The van der Waals surface area contributed by atoms with Gasteiger partial charge in [0.2, 0.25) is 0 Å². The van der Waals surface area contributed by atoms with Crippen LogP contribution in [0.4, 0.5) is 4.79 Å². The van der Waals surface area contributed by atoms with Crippen molar-refractivity contribution in [3.8, 4) is 0 Å². The molecule has 3 nitrogen and oxygen atoms in total. The highest BCUT2D eigenvalue weighted by molar-refractivity contribution is 6.69. The standard InChI is InChI=1S/C6H14BNO2/c1-3-5-8(4-2)7-6(9)10/h7H,3-5H2,1-2H3,(H,9,10). The second-order valence-electron chi connectivity index (χ2n) is 2.26. The maximum Gasteiger partial charge on any atom is 0.340 e. The zero-order valence-corrected chi connectivity index (χ0v) is 6.63. The number of carbonyl (C=O) groups is 1. The van der Waals surface area contributed by atoms with Crippen molar-refractivity contribution in [2.45, 2.75) is 20.3 Å². The highest BCUT2D eigenvalue weighted by atomic mass is 16.4. The van der Waals surface area contributed by atoms with E-state index in [-0.39, 0.29) is 7.41 Å². The molecule has 0 aliphatic rings. The second kappa shape index (κ2) is 5.29. The molecule has 0 bridgehead atoms. The van der Waals surface area contributed by atoms with E-state index < -0.39 is 5.87 Å². The Morgan fingerprint density at radius 3 is 2.50 bits per heavy atom. The van der Waals surface area contributed by atoms with Crippen molar-refractivity contribution in [3.05, 3.63) is 0 Å². The molecule has 0 aliphatic heterocycles. The minimum Gasteiger partial charge on any atom is -0.488 e. The van der Waals surface area contributed by atoms with Crippen molar-refractivity contribution >= 4 is 13.3 Å². The van der Waals surface area contributed by atoms with Crippen LogP contribution < -0.4 is 0 Å². The van der Waals surface area contributed by atoms with Gasteiger partial charge in [-0.3, -0.25) is 4.79 Å². The van der Waals surface area contributed by atoms with Crippen molar-refractivity contribution in [3.63, 3.8) is 0 Å². The summed E-state index contributed by atoms with van der Waals surface area (Å²) in [4.78, 5) is 12.1. The van der Waals surface area contributed by atoms with E-state index >= 15 is 0 Å². The summed E-state index contributed by atoms with van der Waals surface area (Å²) in [7, 11) is 0.171. The van der Waals surface area contributed by atoms with Gasteiger partial charge < -0.3 is 9.92 Å². The van der Waals surface area contributed by atoms with Gasteiger partial charge in [0.1, 0.15) is 0 Å². The first-order chi connectivity index (χ1) is 4.70. The summed E-state index contributed by atoms with van der Waals surface area (Å²) in [5.41, 5.74) is 0. The van der Waals surface area contributed by atoms with Gasteiger partial charge in [0.05, 0.1) is 0 Å². The fourth-order valence-corrected chi connectivity index (χ4v) is 0.856. The molecule has 0 aromatic rings. The van der Waals surface area contributed by atoms with E-state index in [0.29, 0.717) is 0 Å². The predicted molar refractivity (Wildman–Crippen MR) is 42.7 cm³/mol. The maximum absolute atomic E-state index is 10.2. The molecule has 0 aliphatic carbocycles. The van der Waals surface area contributed by atoms with Crippen LogP contribution in [0.3, 0.4) is 0 Å². The smallest absolute Gasteiger partial charge is 0.340 e. The lowest BCUT2D eigenvalue weighted by atomic mass is 9.92. The third-order valence-corrected chi connectivity index (χ3v) is 1.35. The summed E-state index contributed by atoms with van der Waals surface area (Å²) >= 11 is 0. The van der Waals surface area contributed by atoms with Crippen LogP contribution in [-0.2, 0) is 0 Å². The first-order valence-corrected chi connectivity index (χ1v) is 3.64. The van der Waals surface area contributed by atoms with Crippen LogP contribution in [0.5, 0.6) is 0 Å². The van der Waals surface area contributed by atoms with E-state index in [9.17, 15) is 4.79 Å². The van der Waals surface area contributed by atoms with Gasteiger partial charge in [0, 0.05) is 0 Å². The third-order valence-electron chi connectivity index (χ3n) is 1.35. The molecule has 1 N–H and O–H groups in total. The fraction of sp³-hybridized carbons (Fsp3) is 0.833. The Bertz CT molecular complexity index is 108. The van der Waals surface area contributed by atoms with Crippen LogP contribution >= 0.6 is 0 Å². The highest BCUT2D eigenvalue weighted by Gasteiger charge is 2.08. The Kier molecular flexibility index (Phi) is 5.03. The normalized spacial score (nSPS) is 9.90. The number of hydrogen-bond acceptors (Lipinski definition) is 2. The molecule has 0 saturated carbocycles. The first kappa shape index (κ1) is 9.49. The molecule has 0 radical (unpaired) electrons. The summed E-state index contributed by atoms with van der Waals surface area (Å²) in [5.74, 6) is -0.740. The highest BCUT2D eigenvalue weighted by Crippen LogP contribution is 1.87. The zero-order valence-electron chi connectivity index (χ0n) is 6.63. The van der Waals surface area contributed by atoms with Gasteiger partial charge in [-0.1, -0.05) is 13.8 Å². The van der Waals surface area contributed by atoms with Crippen LogP contribution in [0.1, 0.15) is 20.3 Å². The maximum atomic E-state index is 10.2. The first-order valence-electron chi connectivity index (χ1n) is 3.64. The van der Waals surface area contributed by atoms with E-state index in [0.717, 1.165) is 19.5 Å². The summed E-state index contributed by atoms with van der Waals surface area (Å²) in [6.45, 7) is 5.71. The monoisotopic (exact) mass is 143 g/mol. The number of nitrogens with zero attached hydrogens (tertiary/aromatic N) is 1. The van der Waals surface area contributed by atoms with Gasteiger partial charge in [0.15, 0.2) is 0 Å². The van der Waals surface area contributed by atoms with Gasteiger partial charge >= 0.3 is 7.41 Å². The van der Waals surface area contributed by atoms with Crippen molar-refractivity contribution in [1.29, 1.82) is 0 Å². The summed E-state index contributed by atoms with van der Waals surface area (Å²) in [6.07, 6.45) is 1.01. The quantitative estimate of drug-likeness (QED) is 0.577. The molecule has 4 heteroatoms. The van der Waals surface area contributed by atoms with E-state index in [1.54, 1.807) is 0 Å². The molecule has 0 heterocycles. The number of rotatable bonds is 5. The summed E-state index contributed by atoms with van der Waals surface area (Å²) in [6, 6.07) is 0. The molecule has 0 aromatic heterocycles. The van der Waals surface area contributed by atoms with Crippen molar-refractivity contribution in [2.75, 3.05) is 13.1 Å². The van der Waals surface area contributed by atoms with Crippen LogP contribution in [0, 0.1) is 0 Å². The number of hydrogen-bond donors (Lipinski definition) is 1. The molecular weight excluding hydrogens is 129 g/mol. The molecule has 58 valence electrons. The van der Waals surface area contributed by atoms with Crippen molar-refractivity contribution in [1.82, 2.24) is 4.81 Å². The lowest BCUT2D eigenvalue weighted by Gasteiger charge is -2.14. The lowest BCUT2D eigenvalue weighted by molar-refractivity contribution is 0.217. The van der Waals surface area contributed by atoms with Gasteiger partial charge in [-0.2, -0.15) is 0 Å². The molecular formula is C6H14BNO2. The molecule has 0 fully saturated rings. The van der Waals surface area contributed by atoms with E-state index in [1.807, 2.05) is 18.7 Å². The summed E-state index contributed by atoms with van der Waals surface area (Å²) in [5, 5.41) is 8.40. The largest absolute Gasteiger partial charge is 0.488 e. The molecule has 0 rings (SSSR count). The van der Waals surface area contributed by atoms with Crippen molar-refractivity contribution < 1.29 is 9.90 Å². The topological polar surface area (TPSA) is 40.5 Å². The molecule has 10 heavy (non-hydrogen) atoms. The Morgan fingerprint density at radius 2 is 2.20 bits per heavy atom. The molecule has 0 amide bonds. The van der Waals surface area contributed by atoms with Crippen LogP contribution in [0.2, 0.25) is 0 Å². The molecule has 0 saturated heterocycles. The van der Waals surface area contributed by atoms with Gasteiger partial charge in [-0.05, 0) is 19.5 Å². The third kappa shape index (κ3) is 4.38. The Hall–Kier alpha value is -0.505. The Morgan fingerprint density at radius 1 is 1.60 bits per heavy atom. The van der Waals surface area contributed by atoms with Crippen LogP contribution in [0.15, 0.2) is 0 Å². The molecule has 0 atom stereocenters. The lowest BCUT2D eigenvalue weighted by Crippen LogP contribution is -2.33. The van der Waals surface area contributed by atoms with Gasteiger partial charge in [0.25, 0.3) is 5.87 Å². The van der Waals surface area contributed by atoms with E-state index in [1.165, 1.54) is 0 Å². The average molecular weight is 143 g/mol. The minimum absolute atomic E-state index is 0.171. The van der Waals surface area contributed by atoms with Crippen LogP contribution in [-0.4, -0.2) is 36.3 Å². The Balaban J connectivity index is 3.49. The Labute approximate surface area is 62.3 Å². The van der Waals surface area contributed by atoms with Crippen LogP contribution in [0.25, 0.3) is 0 Å². The summed E-state index contributed by atoms with van der Waals surface area (Å²) < 4.78 is 0. The van der Waals surface area contributed by atoms with Gasteiger partial charge in [-0.15, -0.1) is 0 Å². The van der Waals surface area contributed by atoms with Crippen molar-refractivity contribution in [2.24, 2.45) is 0 Å². The fourth-order valence-electron chi connectivity index (χ4n) is 0.856. The molecule has 0 unspecified atom stereocenters. The predicted octanol–water partition coefficient (Wildman–Crippen LogP) is 0.748. The number of carboxylic acid groups (broad SMARTS) is 1. The molecule has 0 aromatic carbocycles. The van der Waals surface area contributed by atoms with E-state index in [2.05, 4.69) is 0 Å². The average Bonchev–Trinajstić information content (AvgIpc) is 1.86. The minimum atomic E-state index is -0.740. The molecule has 0 spiro atoms. The second-order valence-corrected chi connectivity index (χ2v) is 2.26. The van der Waals surface area contributed by atoms with E-state index in [4.69, 9.17) is 5.11 Å².